The molecule has 1 amide bonds. The Morgan fingerprint density at radius 1 is 0.889 bits per heavy atom. The number of esters is 1. The maximum absolute atomic E-state index is 17.2. The zero-order chi connectivity index (χ0) is 33.7. The molecule has 0 aromatic heterocycles. The van der Waals surface area contributed by atoms with Gasteiger partial charge >= 0.3 is 279 Å². The molecule has 0 fully saturated rings. The number of amides is 1. The quantitative estimate of drug-likeness (QED) is 0.122. The number of benzene rings is 2. The minimum absolute atomic E-state index is 0.0000991. The standard InChI is InChI=1S/C25H31FNO4Si.3C4H9.Sn/c1-24(2,3)32(5,6)31-21-14-10-11-19(17-21)18-25(15-16-26,23(29)30-4)27-22(28)20-12-8-7-9-13-20;3*1-3-4-2;/h7-15,17H,18H2,1-6H3,(H,27,28);3*1,3-4H2,2H3;/t25-;;;;/m0..../s1. The van der Waals surface area contributed by atoms with Gasteiger partial charge < -0.3 is 0 Å². The van der Waals surface area contributed by atoms with E-state index in [0.717, 1.165) is 57.4 Å². The SMILES string of the molecule is CCC[CH2][Sn]([CH2]CCC)([CH2]CCC)/[C](F)=C/[C@@](Cc1cccc(O[Si](C)(C)C(C)(C)C)c1)(NC(=O)c1ccccc1)C(=O)OC. The van der Waals surface area contributed by atoms with Crippen LogP contribution in [-0.4, -0.2) is 51.2 Å². The van der Waals surface area contributed by atoms with Crippen LogP contribution in [0.15, 0.2) is 64.5 Å². The van der Waals surface area contributed by atoms with Crippen molar-refractivity contribution in [1.29, 1.82) is 0 Å². The van der Waals surface area contributed by atoms with E-state index in [1.54, 1.807) is 24.3 Å². The molecule has 1 atom stereocenters. The number of hydrogen-bond donors (Lipinski definition) is 1. The van der Waals surface area contributed by atoms with Crippen molar-refractivity contribution < 1.29 is 23.1 Å². The van der Waals surface area contributed by atoms with E-state index >= 15 is 4.39 Å². The number of carbonyl (C=O) groups excluding carboxylic acids is 2. The van der Waals surface area contributed by atoms with Gasteiger partial charge in [-0.05, 0) is 0 Å². The summed E-state index contributed by atoms with van der Waals surface area (Å²) in [5.41, 5.74) is -0.577. The Morgan fingerprint density at radius 2 is 1.44 bits per heavy atom. The molecule has 0 radical (unpaired) electrons. The molecular weight excluding hydrogens is 688 g/mol. The molecule has 250 valence electrons. The Hall–Kier alpha value is -2.13. The summed E-state index contributed by atoms with van der Waals surface area (Å²) in [6.07, 6.45) is 7.42. The number of carbonyl (C=O) groups is 2. The predicted molar refractivity (Wildman–Crippen MR) is 191 cm³/mol. The van der Waals surface area contributed by atoms with Crippen LogP contribution in [0.3, 0.4) is 0 Å². The van der Waals surface area contributed by atoms with Crippen LogP contribution in [-0.2, 0) is 16.0 Å². The summed E-state index contributed by atoms with van der Waals surface area (Å²) in [7, 11) is -0.839. The van der Waals surface area contributed by atoms with Gasteiger partial charge in [0.15, 0.2) is 0 Å². The average Bonchev–Trinajstić information content (AvgIpc) is 3.00. The second-order valence-corrected chi connectivity index (χ2v) is 31.7. The zero-order valence-corrected chi connectivity index (χ0v) is 33.2. The summed E-state index contributed by atoms with van der Waals surface area (Å²) in [5, 5.41) is 2.98. The third-order valence-electron chi connectivity index (χ3n) is 9.39. The first-order valence-corrected chi connectivity index (χ1v) is 27.2. The molecule has 0 bridgehead atoms. The van der Waals surface area contributed by atoms with Crippen LogP contribution in [0.5, 0.6) is 5.75 Å². The Kier molecular flexibility index (Phi) is 15.4. The van der Waals surface area contributed by atoms with E-state index in [1.807, 2.05) is 30.3 Å². The molecular formula is C37H58FNO4SiSn. The van der Waals surface area contributed by atoms with Gasteiger partial charge in [-0.3, -0.25) is 0 Å². The van der Waals surface area contributed by atoms with E-state index in [9.17, 15) is 9.59 Å². The molecule has 0 aliphatic heterocycles. The van der Waals surface area contributed by atoms with Crippen molar-refractivity contribution in [2.45, 2.75) is 123 Å². The molecule has 0 heterocycles. The van der Waals surface area contributed by atoms with Crippen molar-refractivity contribution >= 4 is 38.6 Å². The maximum atomic E-state index is 17.2. The molecule has 8 heteroatoms. The van der Waals surface area contributed by atoms with Gasteiger partial charge in [-0.2, -0.15) is 0 Å². The Labute approximate surface area is 277 Å². The molecule has 0 aliphatic carbocycles. The van der Waals surface area contributed by atoms with E-state index in [2.05, 4.69) is 60.0 Å². The number of unbranched alkanes of at least 4 members (excludes halogenated alkanes) is 3. The topological polar surface area (TPSA) is 64.6 Å². The molecule has 2 rings (SSSR count). The van der Waals surface area contributed by atoms with Gasteiger partial charge in [0.2, 0.25) is 0 Å². The summed E-state index contributed by atoms with van der Waals surface area (Å²) in [6.45, 7) is 17.4. The van der Waals surface area contributed by atoms with Gasteiger partial charge in [0, 0.05) is 0 Å². The van der Waals surface area contributed by atoms with Crippen molar-refractivity contribution in [3.63, 3.8) is 0 Å². The van der Waals surface area contributed by atoms with Crippen molar-refractivity contribution in [1.82, 2.24) is 5.32 Å². The van der Waals surface area contributed by atoms with Gasteiger partial charge in [-0.15, -0.1) is 0 Å². The Morgan fingerprint density at radius 3 is 1.93 bits per heavy atom. The summed E-state index contributed by atoms with van der Waals surface area (Å²) < 4.78 is 31.8. The fourth-order valence-electron chi connectivity index (χ4n) is 5.50. The minimum atomic E-state index is -3.60. The number of methoxy groups -OCH3 is 1. The van der Waals surface area contributed by atoms with Crippen molar-refractivity contribution in [3.8, 4) is 5.75 Å². The van der Waals surface area contributed by atoms with Crippen LogP contribution in [0.25, 0.3) is 0 Å². The Bertz CT molecular complexity index is 1240. The second-order valence-electron chi connectivity index (χ2n) is 14.1. The molecule has 0 saturated heterocycles. The third kappa shape index (κ3) is 11.0. The molecule has 0 unspecified atom stereocenters. The number of hydrogen-bond acceptors (Lipinski definition) is 4. The van der Waals surface area contributed by atoms with E-state index < -0.39 is 44.1 Å². The van der Waals surface area contributed by atoms with Gasteiger partial charge in [0.05, 0.1) is 0 Å². The molecule has 0 aliphatic rings. The van der Waals surface area contributed by atoms with E-state index in [4.69, 9.17) is 9.16 Å². The molecule has 0 saturated carbocycles. The normalized spacial score (nSPS) is 14.0. The Balaban J connectivity index is 2.77. The van der Waals surface area contributed by atoms with Crippen LogP contribution in [0.2, 0.25) is 31.4 Å². The van der Waals surface area contributed by atoms with Gasteiger partial charge in [-0.25, -0.2) is 0 Å². The van der Waals surface area contributed by atoms with Gasteiger partial charge in [0.25, 0.3) is 0 Å². The van der Waals surface area contributed by atoms with Crippen LogP contribution in [0.1, 0.15) is 96.0 Å². The molecule has 2 aromatic rings. The summed E-state index contributed by atoms with van der Waals surface area (Å²) in [4.78, 5) is 27.6. The van der Waals surface area contributed by atoms with Crippen LogP contribution in [0.4, 0.5) is 4.39 Å². The van der Waals surface area contributed by atoms with E-state index in [0.29, 0.717) is 11.3 Å². The molecule has 5 nitrogen and oxygen atoms in total. The number of halogens is 1. The predicted octanol–water partition coefficient (Wildman–Crippen LogP) is 10.2. The number of nitrogens with one attached hydrogen (secondary N) is 1. The average molecular weight is 747 g/mol. The van der Waals surface area contributed by atoms with Gasteiger partial charge in [-0.1, -0.05) is 0 Å². The zero-order valence-electron chi connectivity index (χ0n) is 29.4. The fraction of sp³-hybridized carbons (Fsp3) is 0.568. The third-order valence-corrected chi connectivity index (χ3v) is 28.3. The molecule has 2 aromatic carbocycles. The van der Waals surface area contributed by atoms with Crippen molar-refractivity contribution in [3.05, 3.63) is 75.6 Å². The molecule has 0 spiro atoms. The first-order valence-electron chi connectivity index (χ1n) is 16.8. The first kappa shape index (κ1) is 39.0. The molecule has 1 N–H and O–H groups in total. The van der Waals surface area contributed by atoms with Crippen molar-refractivity contribution in [2.24, 2.45) is 0 Å². The molecule has 45 heavy (non-hydrogen) atoms. The number of ether oxygens (including phenoxy) is 1. The van der Waals surface area contributed by atoms with Crippen molar-refractivity contribution in [2.75, 3.05) is 7.11 Å². The number of rotatable bonds is 18. The summed E-state index contributed by atoms with van der Waals surface area (Å²) in [6, 6.07) is 16.4. The van der Waals surface area contributed by atoms with Gasteiger partial charge in [0.1, 0.15) is 0 Å². The fourth-order valence-corrected chi connectivity index (χ4v) is 21.1. The van der Waals surface area contributed by atoms with E-state index in [-0.39, 0.29) is 15.3 Å². The van der Waals surface area contributed by atoms with E-state index in [1.165, 1.54) is 13.2 Å². The van der Waals surface area contributed by atoms with Crippen LogP contribution < -0.4 is 9.74 Å². The monoisotopic (exact) mass is 747 g/mol. The van der Waals surface area contributed by atoms with Crippen LogP contribution >= 0.6 is 0 Å². The first-order chi connectivity index (χ1) is 21.2. The summed E-state index contributed by atoms with van der Waals surface area (Å²) in [5.74, 6) is -0.423. The van der Waals surface area contributed by atoms with Crippen LogP contribution in [0, 0.1) is 0 Å². The summed E-state index contributed by atoms with van der Waals surface area (Å²) >= 11 is -3.60. The second kappa shape index (κ2) is 17.7.